The second-order valence-corrected chi connectivity index (χ2v) is 15.8. The number of benzene rings is 2. The van der Waals surface area contributed by atoms with Crippen molar-refractivity contribution in [3.05, 3.63) is 53.6 Å². The molecule has 0 saturated carbocycles. The molecule has 2 aromatic carbocycles. The first kappa shape index (κ1) is 16.5. The number of halogens is 1. The summed E-state index contributed by atoms with van der Waals surface area (Å²) in [6.45, 7) is 11.6. The fourth-order valence-corrected chi connectivity index (χ4v) is 7.36. The third-order valence-corrected chi connectivity index (χ3v) is 9.58. The molecule has 0 aromatic heterocycles. The molecule has 0 heterocycles. The zero-order valence-corrected chi connectivity index (χ0v) is 16.6. The molecule has 1 unspecified atom stereocenters. The lowest BCUT2D eigenvalue weighted by molar-refractivity contribution is 1.48. The molecular formula is C18H25ClSi2. The van der Waals surface area contributed by atoms with Crippen molar-refractivity contribution in [2.75, 3.05) is 5.50 Å². The van der Waals surface area contributed by atoms with Gasteiger partial charge in [0.15, 0.2) is 0 Å². The Morgan fingerprint density at radius 1 is 0.857 bits per heavy atom. The molecule has 0 bridgehead atoms. The fraction of sp³-hybridized carbons (Fsp3) is 0.333. The van der Waals surface area contributed by atoms with Crippen LogP contribution in [0.1, 0.15) is 11.1 Å². The molecule has 0 fully saturated rings. The lowest BCUT2D eigenvalue weighted by atomic mass is 10.2. The monoisotopic (exact) mass is 332 g/mol. The average molecular weight is 333 g/mol. The van der Waals surface area contributed by atoms with Crippen LogP contribution in [0, 0.1) is 13.8 Å². The fourth-order valence-electron chi connectivity index (χ4n) is 2.62. The molecule has 21 heavy (non-hydrogen) atoms. The number of hydrogen-bond acceptors (Lipinski definition) is 0. The molecule has 0 amide bonds. The molecule has 2 aromatic rings. The van der Waals surface area contributed by atoms with Crippen LogP contribution in [-0.4, -0.2) is 22.4 Å². The minimum Gasteiger partial charge on any atom is -0.130 e. The standard InChI is InChI=1S/C18H25ClSi2/c1-14-6-8-16(9-7-14)20(13-19)17-10-15(2)11-18(12-17)21(3,4)5/h6-12,20H,13H2,1-5H3. The summed E-state index contributed by atoms with van der Waals surface area (Å²) in [4.78, 5) is 0. The van der Waals surface area contributed by atoms with Crippen LogP contribution in [0.4, 0.5) is 0 Å². The summed E-state index contributed by atoms with van der Waals surface area (Å²) in [6, 6.07) is 16.1. The normalized spacial score (nSPS) is 13.2. The van der Waals surface area contributed by atoms with E-state index in [1.54, 1.807) is 5.19 Å². The Morgan fingerprint density at radius 3 is 2.00 bits per heavy atom. The Morgan fingerprint density at radius 2 is 1.48 bits per heavy atom. The van der Waals surface area contributed by atoms with Crippen LogP contribution in [-0.2, 0) is 0 Å². The van der Waals surface area contributed by atoms with Gasteiger partial charge in [-0.1, -0.05) is 88.8 Å². The van der Waals surface area contributed by atoms with E-state index in [0.29, 0.717) is 0 Å². The summed E-state index contributed by atoms with van der Waals surface area (Å²) >= 11 is 6.37. The van der Waals surface area contributed by atoms with E-state index in [-0.39, 0.29) is 0 Å². The van der Waals surface area contributed by atoms with Gasteiger partial charge in [-0.3, -0.25) is 0 Å². The third kappa shape index (κ3) is 4.09. The quantitative estimate of drug-likeness (QED) is 0.596. The lowest BCUT2D eigenvalue weighted by Gasteiger charge is -2.21. The predicted molar refractivity (Wildman–Crippen MR) is 102 cm³/mol. The first-order valence-electron chi connectivity index (χ1n) is 7.56. The van der Waals surface area contributed by atoms with Gasteiger partial charge in [0.2, 0.25) is 0 Å². The van der Waals surface area contributed by atoms with E-state index in [9.17, 15) is 0 Å². The molecule has 0 aliphatic heterocycles. The summed E-state index contributed by atoms with van der Waals surface area (Å²) in [5.74, 6) is 0. The maximum absolute atomic E-state index is 6.37. The third-order valence-electron chi connectivity index (χ3n) is 4.00. The first-order valence-corrected chi connectivity index (χ1v) is 13.6. The number of rotatable bonds is 4. The van der Waals surface area contributed by atoms with Crippen molar-refractivity contribution < 1.29 is 0 Å². The Kier molecular flexibility index (Phi) is 5.13. The van der Waals surface area contributed by atoms with E-state index in [2.05, 4.69) is 76.0 Å². The van der Waals surface area contributed by atoms with Gasteiger partial charge in [0.1, 0.15) is 8.80 Å². The molecular weight excluding hydrogens is 308 g/mol. The van der Waals surface area contributed by atoms with Gasteiger partial charge in [-0.05, 0) is 13.8 Å². The van der Waals surface area contributed by atoms with Gasteiger partial charge < -0.3 is 0 Å². The van der Waals surface area contributed by atoms with Crippen LogP contribution >= 0.6 is 11.6 Å². The number of hydrogen-bond donors (Lipinski definition) is 0. The van der Waals surface area contributed by atoms with Crippen molar-refractivity contribution in [2.24, 2.45) is 0 Å². The largest absolute Gasteiger partial charge is 0.130 e. The maximum Gasteiger partial charge on any atom is 0.117 e. The van der Waals surface area contributed by atoms with Crippen molar-refractivity contribution >= 4 is 44.0 Å². The highest BCUT2D eigenvalue weighted by atomic mass is 35.5. The Hall–Kier alpha value is -0.836. The highest BCUT2D eigenvalue weighted by molar-refractivity contribution is 6.91. The lowest BCUT2D eigenvalue weighted by Crippen LogP contribution is -2.48. The molecule has 3 heteroatoms. The van der Waals surface area contributed by atoms with Crippen molar-refractivity contribution in [1.82, 2.24) is 0 Å². The topological polar surface area (TPSA) is 0 Å². The van der Waals surface area contributed by atoms with Gasteiger partial charge in [-0.2, -0.15) is 0 Å². The van der Waals surface area contributed by atoms with Crippen molar-refractivity contribution in [3.8, 4) is 0 Å². The molecule has 2 rings (SSSR count). The molecule has 112 valence electrons. The van der Waals surface area contributed by atoms with Gasteiger partial charge in [0.05, 0.1) is 8.07 Å². The van der Waals surface area contributed by atoms with Crippen LogP contribution in [0.3, 0.4) is 0 Å². The number of alkyl halides is 1. The molecule has 1 atom stereocenters. The molecule has 0 aliphatic carbocycles. The molecule has 0 radical (unpaired) electrons. The van der Waals surface area contributed by atoms with Crippen molar-refractivity contribution in [3.63, 3.8) is 0 Å². The Balaban J connectivity index is 2.47. The maximum atomic E-state index is 6.37. The van der Waals surface area contributed by atoms with Crippen LogP contribution < -0.4 is 15.6 Å². The van der Waals surface area contributed by atoms with E-state index in [1.165, 1.54) is 21.5 Å². The van der Waals surface area contributed by atoms with Gasteiger partial charge in [-0.25, -0.2) is 0 Å². The van der Waals surface area contributed by atoms with Crippen molar-refractivity contribution in [1.29, 1.82) is 0 Å². The Labute approximate surface area is 136 Å². The molecule has 0 spiro atoms. The van der Waals surface area contributed by atoms with Gasteiger partial charge in [0, 0.05) is 5.50 Å². The van der Waals surface area contributed by atoms with E-state index in [0.717, 1.165) is 5.50 Å². The summed E-state index contributed by atoms with van der Waals surface area (Å²) in [5, 5.41) is 4.49. The molecule has 0 nitrogen and oxygen atoms in total. The number of aryl methyl sites for hydroxylation is 2. The van der Waals surface area contributed by atoms with Crippen LogP contribution in [0.25, 0.3) is 0 Å². The van der Waals surface area contributed by atoms with Crippen LogP contribution in [0.2, 0.25) is 19.6 Å². The average Bonchev–Trinajstić information content (AvgIpc) is 2.40. The van der Waals surface area contributed by atoms with Gasteiger partial charge in [0.25, 0.3) is 0 Å². The van der Waals surface area contributed by atoms with E-state index in [1.807, 2.05) is 0 Å². The molecule has 0 aliphatic rings. The second kappa shape index (κ2) is 6.51. The summed E-state index contributed by atoms with van der Waals surface area (Å²) in [5.41, 5.74) is 3.45. The first-order chi connectivity index (χ1) is 9.81. The Bertz CT molecular complexity index is 612. The second-order valence-electron chi connectivity index (χ2n) is 7.00. The minimum atomic E-state index is -1.29. The molecule has 0 N–H and O–H groups in total. The summed E-state index contributed by atoms with van der Waals surface area (Å²) in [7, 11) is -2.58. The van der Waals surface area contributed by atoms with Gasteiger partial charge >= 0.3 is 0 Å². The van der Waals surface area contributed by atoms with Crippen LogP contribution in [0.5, 0.6) is 0 Å². The predicted octanol–water partition coefficient (Wildman–Crippen LogP) is 2.97. The smallest absolute Gasteiger partial charge is 0.117 e. The SMILES string of the molecule is Cc1ccc([SiH](CCl)c2cc(C)cc([Si](C)(C)C)c2)cc1. The highest BCUT2D eigenvalue weighted by Gasteiger charge is 2.21. The van der Waals surface area contributed by atoms with Gasteiger partial charge in [-0.15, -0.1) is 11.6 Å². The minimum absolute atomic E-state index is 0.762. The summed E-state index contributed by atoms with van der Waals surface area (Å²) < 4.78 is 0. The zero-order chi connectivity index (χ0) is 15.6. The molecule has 0 saturated heterocycles. The summed E-state index contributed by atoms with van der Waals surface area (Å²) in [6.07, 6.45) is 0. The van der Waals surface area contributed by atoms with Crippen LogP contribution in [0.15, 0.2) is 42.5 Å². The highest BCUT2D eigenvalue weighted by Crippen LogP contribution is 2.05. The van der Waals surface area contributed by atoms with E-state index in [4.69, 9.17) is 11.6 Å². The van der Waals surface area contributed by atoms with E-state index >= 15 is 0 Å². The van der Waals surface area contributed by atoms with E-state index < -0.39 is 16.9 Å². The van der Waals surface area contributed by atoms with Crippen molar-refractivity contribution in [2.45, 2.75) is 33.5 Å². The zero-order valence-electron chi connectivity index (χ0n) is 13.7.